The Morgan fingerprint density at radius 1 is 1.48 bits per heavy atom. The number of rotatable bonds is 3. The molecule has 2 aliphatic rings. The highest BCUT2D eigenvalue weighted by Crippen LogP contribution is 2.25. The third kappa shape index (κ3) is 2.78. The maximum atomic E-state index is 12.5. The van der Waals surface area contributed by atoms with Crippen molar-refractivity contribution in [2.75, 3.05) is 32.5 Å². The molecule has 3 rings (SSSR count). The van der Waals surface area contributed by atoms with Crippen molar-refractivity contribution in [2.24, 2.45) is 0 Å². The minimum Gasteiger partial charge on any atom is -0.340 e. The van der Waals surface area contributed by atoms with Gasteiger partial charge in [0.25, 0.3) is 5.91 Å². The number of likely N-dealkylation sites (N-methyl/N-ethyl adjacent to an activating group) is 2. The lowest BCUT2D eigenvalue weighted by Gasteiger charge is -2.26. The minimum absolute atomic E-state index is 0.00414. The van der Waals surface area contributed by atoms with Crippen molar-refractivity contribution in [1.82, 2.24) is 9.80 Å². The van der Waals surface area contributed by atoms with Crippen molar-refractivity contribution in [3.05, 3.63) is 29.3 Å². The number of nitrogens with zero attached hydrogens (tertiary/aromatic N) is 2. The van der Waals surface area contributed by atoms with E-state index in [1.807, 2.05) is 19.2 Å². The Hall–Kier alpha value is -1.88. The predicted molar refractivity (Wildman–Crippen MR) is 81.4 cm³/mol. The Morgan fingerprint density at radius 3 is 3.00 bits per heavy atom. The number of carbonyl (C=O) groups excluding carboxylic acids is 2. The molecule has 1 aromatic rings. The molecule has 0 saturated carbocycles. The smallest absolute Gasteiger partial charge is 0.253 e. The highest BCUT2D eigenvalue weighted by Gasteiger charge is 2.25. The second kappa shape index (κ2) is 5.48. The maximum Gasteiger partial charge on any atom is 0.253 e. The van der Waals surface area contributed by atoms with Gasteiger partial charge < -0.3 is 15.1 Å². The van der Waals surface area contributed by atoms with Crippen LogP contribution in [0.1, 0.15) is 28.8 Å². The maximum absolute atomic E-state index is 12.5. The fourth-order valence-electron chi connectivity index (χ4n) is 3.18. The van der Waals surface area contributed by atoms with E-state index in [2.05, 4.69) is 17.3 Å². The van der Waals surface area contributed by atoms with E-state index in [4.69, 9.17) is 0 Å². The summed E-state index contributed by atoms with van der Waals surface area (Å²) in [6.45, 7) is 1.86. The SMILES string of the molecule is CN(CC1CCCN1C)C(=O)c1ccc2c(c1)NC(=O)C2. The molecular formula is C16H21N3O2. The lowest BCUT2D eigenvalue weighted by atomic mass is 10.1. The summed E-state index contributed by atoms with van der Waals surface area (Å²) >= 11 is 0. The van der Waals surface area contributed by atoms with Gasteiger partial charge in [-0.2, -0.15) is 0 Å². The molecule has 112 valence electrons. The Labute approximate surface area is 124 Å². The normalized spacial score (nSPS) is 21.2. The van der Waals surface area contributed by atoms with Crippen LogP contribution in [-0.4, -0.2) is 54.8 Å². The van der Waals surface area contributed by atoms with Crippen LogP contribution < -0.4 is 5.32 Å². The molecule has 1 aromatic carbocycles. The van der Waals surface area contributed by atoms with Gasteiger partial charge in [0.05, 0.1) is 6.42 Å². The average molecular weight is 287 g/mol. The van der Waals surface area contributed by atoms with Gasteiger partial charge in [0.1, 0.15) is 0 Å². The Morgan fingerprint density at radius 2 is 2.29 bits per heavy atom. The van der Waals surface area contributed by atoms with Crippen LogP contribution in [0, 0.1) is 0 Å². The van der Waals surface area contributed by atoms with Crippen molar-refractivity contribution in [2.45, 2.75) is 25.3 Å². The number of benzene rings is 1. The number of hydrogen-bond donors (Lipinski definition) is 1. The second-order valence-electron chi connectivity index (χ2n) is 6.06. The van der Waals surface area contributed by atoms with Crippen molar-refractivity contribution in [1.29, 1.82) is 0 Å². The van der Waals surface area contributed by atoms with Gasteiger partial charge in [0, 0.05) is 30.9 Å². The van der Waals surface area contributed by atoms with Crippen LogP contribution in [0.25, 0.3) is 0 Å². The molecule has 2 aliphatic heterocycles. The van der Waals surface area contributed by atoms with E-state index in [1.165, 1.54) is 6.42 Å². The Bertz CT molecular complexity index is 585. The van der Waals surface area contributed by atoms with Crippen molar-refractivity contribution >= 4 is 17.5 Å². The first-order chi connectivity index (χ1) is 10.0. The van der Waals surface area contributed by atoms with Gasteiger partial charge in [-0.25, -0.2) is 0 Å². The number of likely N-dealkylation sites (tertiary alicyclic amines) is 1. The third-order valence-corrected chi connectivity index (χ3v) is 4.48. The molecule has 0 spiro atoms. The van der Waals surface area contributed by atoms with Crippen LogP contribution in [0.15, 0.2) is 18.2 Å². The van der Waals surface area contributed by atoms with Crippen LogP contribution in [0.4, 0.5) is 5.69 Å². The largest absolute Gasteiger partial charge is 0.340 e. The highest BCUT2D eigenvalue weighted by atomic mass is 16.2. The molecule has 0 radical (unpaired) electrons. The molecule has 2 amide bonds. The van der Waals surface area contributed by atoms with E-state index in [0.29, 0.717) is 18.0 Å². The van der Waals surface area contributed by atoms with E-state index in [1.54, 1.807) is 11.0 Å². The fourth-order valence-corrected chi connectivity index (χ4v) is 3.18. The summed E-state index contributed by atoms with van der Waals surface area (Å²) in [5, 5.41) is 2.79. The Balaban J connectivity index is 1.70. The van der Waals surface area contributed by atoms with Crippen LogP contribution in [0.3, 0.4) is 0 Å². The van der Waals surface area contributed by atoms with Gasteiger partial charge in [0.15, 0.2) is 0 Å². The average Bonchev–Trinajstić information content (AvgIpc) is 3.02. The molecule has 2 heterocycles. The molecule has 1 saturated heterocycles. The predicted octanol–water partition coefficient (Wildman–Crippen LogP) is 1.35. The number of anilines is 1. The van der Waals surface area contributed by atoms with Gasteiger partial charge in [-0.05, 0) is 44.1 Å². The number of carbonyl (C=O) groups is 2. The number of hydrogen-bond acceptors (Lipinski definition) is 3. The van der Waals surface area contributed by atoms with E-state index in [0.717, 1.165) is 30.8 Å². The summed E-state index contributed by atoms with van der Waals surface area (Å²) in [6.07, 6.45) is 2.76. The van der Waals surface area contributed by atoms with Gasteiger partial charge >= 0.3 is 0 Å². The zero-order valence-electron chi connectivity index (χ0n) is 12.6. The molecule has 5 nitrogen and oxygen atoms in total. The van der Waals surface area contributed by atoms with Crippen LogP contribution in [0.2, 0.25) is 0 Å². The quantitative estimate of drug-likeness (QED) is 0.913. The van der Waals surface area contributed by atoms with Crippen molar-refractivity contribution < 1.29 is 9.59 Å². The molecule has 0 aromatic heterocycles. The number of amides is 2. The van der Waals surface area contributed by atoms with Crippen LogP contribution in [-0.2, 0) is 11.2 Å². The highest BCUT2D eigenvalue weighted by molar-refractivity contribution is 6.02. The second-order valence-corrected chi connectivity index (χ2v) is 6.06. The molecule has 0 bridgehead atoms. The summed E-state index contributed by atoms with van der Waals surface area (Å²) in [4.78, 5) is 28.0. The number of fused-ring (bicyclic) bond motifs is 1. The standard InChI is InChI=1S/C16H21N3O2/c1-18-7-3-4-13(18)10-19(2)16(21)12-6-5-11-9-15(20)17-14(11)8-12/h5-6,8,13H,3-4,7,9-10H2,1-2H3,(H,17,20). The Kier molecular flexibility index (Phi) is 3.68. The molecular weight excluding hydrogens is 266 g/mol. The molecule has 0 aliphatic carbocycles. The molecule has 1 atom stereocenters. The van der Waals surface area contributed by atoms with E-state index in [-0.39, 0.29) is 11.8 Å². The fraction of sp³-hybridized carbons (Fsp3) is 0.500. The summed E-state index contributed by atoms with van der Waals surface area (Å²) < 4.78 is 0. The monoisotopic (exact) mass is 287 g/mol. The minimum atomic E-state index is -0.00414. The first-order valence-electron chi connectivity index (χ1n) is 7.43. The van der Waals surface area contributed by atoms with E-state index in [9.17, 15) is 9.59 Å². The molecule has 1 N–H and O–H groups in total. The zero-order valence-corrected chi connectivity index (χ0v) is 12.6. The van der Waals surface area contributed by atoms with Crippen molar-refractivity contribution in [3.63, 3.8) is 0 Å². The van der Waals surface area contributed by atoms with E-state index >= 15 is 0 Å². The van der Waals surface area contributed by atoms with Crippen molar-refractivity contribution in [3.8, 4) is 0 Å². The summed E-state index contributed by atoms with van der Waals surface area (Å²) in [5.41, 5.74) is 2.38. The van der Waals surface area contributed by atoms with Gasteiger partial charge in [-0.1, -0.05) is 6.07 Å². The third-order valence-electron chi connectivity index (χ3n) is 4.48. The van der Waals surface area contributed by atoms with Gasteiger partial charge in [-0.15, -0.1) is 0 Å². The first kappa shape index (κ1) is 14.1. The first-order valence-corrected chi connectivity index (χ1v) is 7.43. The summed E-state index contributed by atoms with van der Waals surface area (Å²) in [6, 6.07) is 5.93. The van der Waals surface area contributed by atoms with Crippen LogP contribution in [0.5, 0.6) is 0 Å². The zero-order chi connectivity index (χ0) is 15.0. The summed E-state index contributed by atoms with van der Waals surface area (Å²) in [7, 11) is 3.96. The number of nitrogens with one attached hydrogen (secondary N) is 1. The van der Waals surface area contributed by atoms with Gasteiger partial charge in [-0.3, -0.25) is 9.59 Å². The van der Waals surface area contributed by atoms with E-state index < -0.39 is 0 Å². The van der Waals surface area contributed by atoms with Gasteiger partial charge in [0.2, 0.25) is 5.91 Å². The topological polar surface area (TPSA) is 52.6 Å². The molecule has 1 unspecified atom stereocenters. The lowest BCUT2D eigenvalue weighted by molar-refractivity contribution is -0.115. The summed E-state index contributed by atoms with van der Waals surface area (Å²) in [5.74, 6) is 0.00906. The molecule has 1 fully saturated rings. The lowest BCUT2D eigenvalue weighted by Crippen LogP contribution is -2.39. The molecule has 5 heteroatoms. The van der Waals surface area contributed by atoms with Crippen LogP contribution >= 0.6 is 0 Å². The molecule has 21 heavy (non-hydrogen) atoms.